The second kappa shape index (κ2) is 8.13. The fourth-order valence-corrected chi connectivity index (χ4v) is 2.32. The van der Waals surface area contributed by atoms with Crippen molar-refractivity contribution in [3.8, 4) is 0 Å². The van der Waals surface area contributed by atoms with Crippen LogP contribution in [0.3, 0.4) is 0 Å². The van der Waals surface area contributed by atoms with Crippen molar-refractivity contribution in [1.82, 2.24) is 5.32 Å². The van der Waals surface area contributed by atoms with Crippen molar-refractivity contribution in [3.63, 3.8) is 0 Å². The lowest BCUT2D eigenvalue weighted by Crippen LogP contribution is -2.14. The van der Waals surface area contributed by atoms with Gasteiger partial charge in [0.2, 0.25) is 0 Å². The predicted molar refractivity (Wildman–Crippen MR) is 85.2 cm³/mol. The van der Waals surface area contributed by atoms with Gasteiger partial charge in [0.05, 0.1) is 0 Å². The monoisotopic (exact) mass is 317 g/mol. The number of hydrogen-bond acceptors (Lipinski definition) is 1. The van der Waals surface area contributed by atoms with Crippen LogP contribution in [-0.2, 0) is 13.0 Å². The standard InChI is InChI=1S/C17H20BrN/c18-17-11-9-16(10-12-17)14-19-13-5-4-8-15-6-2-1-3-7-15/h1-3,6-7,9-12,19H,4-5,8,13-14H2. The first-order valence-electron chi connectivity index (χ1n) is 6.84. The Balaban J connectivity index is 1.56. The minimum atomic E-state index is 0.957. The number of rotatable bonds is 7. The highest BCUT2D eigenvalue weighted by Gasteiger charge is 1.94. The Morgan fingerprint density at radius 1 is 0.789 bits per heavy atom. The first-order chi connectivity index (χ1) is 9.34. The average molecular weight is 318 g/mol. The molecule has 0 aliphatic carbocycles. The Kier molecular flexibility index (Phi) is 6.12. The van der Waals surface area contributed by atoms with Crippen LogP contribution in [0.4, 0.5) is 0 Å². The molecule has 2 rings (SSSR count). The summed E-state index contributed by atoms with van der Waals surface area (Å²) in [5.41, 5.74) is 2.78. The van der Waals surface area contributed by atoms with Gasteiger partial charge in [-0.25, -0.2) is 0 Å². The highest BCUT2D eigenvalue weighted by Crippen LogP contribution is 2.10. The summed E-state index contributed by atoms with van der Waals surface area (Å²) >= 11 is 3.45. The molecule has 1 N–H and O–H groups in total. The molecule has 0 radical (unpaired) electrons. The predicted octanol–water partition coefficient (Wildman–Crippen LogP) is 4.56. The molecule has 19 heavy (non-hydrogen) atoms. The average Bonchev–Trinajstić information content (AvgIpc) is 2.46. The van der Waals surface area contributed by atoms with Crippen molar-refractivity contribution in [2.45, 2.75) is 25.8 Å². The molecule has 2 aromatic rings. The van der Waals surface area contributed by atoms with E-state index < -0.39 is 0 Å². The van der Waals surface area contributed by atoms with Crippen LogP contribution in [0.15, 0.2) is 59.1 Å². The second-order valence-corrected chi connectivity index (χ2v) is 5.66. The van der Waals surface area contributed by atoms with Crippen LogP contribution in [0.5, 0.6) is 0 Å². The molecule has 0 saturated heterocycles. The Hall–Kier alpha value is -1.12. The molecule has 0 bridgehead atoms. The van der Waals surface area contributed by atoms with Crippen molar-refractivity contribution < 1.29 is 0 Å². The molecule has 0 fully saturated rings. The molecule has 0 unspecified atom stereocenters. The second-order valence-electron chi connectivity index (χ2n) is 4.75. The fraction of sp³-hybridized carbons (Fsp3) is 0.294. The molecule has 0 spiro atoms. The van der Waals surface area contributed by atoms with Crippen molar-refractivity contribution in [2.24, 2.45) is 0 Å². The first-order valence-corrected chi connectivity index (χ1v) is 7.63. The number of benzene rings is 2. The van der Waals surface area contributed by atoms with Gasteiger partial charge in [0, 0.05) is 11.0 Å². The van der Waals surface area contributed by atoms with E-state index in [1.165, 1.54) is 30.4 Å². The van der Waals surface area contributed by atoms with Crippen LogP contribution < -0.4 is 5.32 Å². The quantitative estimate of drug-likeness (QED) is 0.738. The molecule has 0 aromatic heterocycles. The van der Waals surface area contributed by atoms with E-state index in [1.54, 1.807) is 0 Å². The Bertz CT molecular complexity index is 464. The lowest BCUT2D eigenvalue weighted by Gasteiger charge is -2.05. The molecule has 0 aliphatic heterocycles. The molecule has 0 amide bonds. The third-order valence-electron chi connectivity index (χ3n) is 3.15. The van der Waals surface area contributed by atoms with E-state index in [4.69, 9.17) is 0 Å². The number of unbranched alkanes of at least 4 members (excludes halogenated alkanes) is 1. The minimum Gasteiger partial charge on any atom is -0.313 e. The summed E-state index contributed by atoms with van der Waals surface area (Å²) in [6.07, 6.45) is 3.66. The zero-order valence-electron chi connectivity index (χ0n) is 11.1. The summed E-state index contributed by atoms with van der Waals surface area (Å²) < 4.78 is 1.14. The molecule has 0 atom stereocenters. The third-order valence-corrected chi connectivity index (χ3v) is 3.68. The molecule has 100 valence electrons. The van der Waals surface area contributed by atoms with Crippen molar-refractivity contribution in [3.05, 3.63) is 70.2 Å². The van der Waals surface area contributed by atoms with E-state index in [9.17, 15) is 0 Å². The minimum absolute atomic E-state index is 0.957. The van der Waals surface area contributed by atoms with Gasteiger partial charge in [0.15, 0.2) is 0 Å². The lowest BCUT2D eigenvalue weighted by molar-refractivity contribution is 0.623. The summed E-state index contributed by atoms with van der Waals surface area (Å²) in [7, 11) is 0. The summed E-state index contributed by atoms with van der Waals surface area (Å²) in [6.45, 7) is 2.04. The normalized spacial score (nSPS) is 10.6. The zero-order valence-corrected chi connectivity index (χ0v) is 12.7. The molecule has 0 heterocycles. The maximum absolute atomic E-state index is 3.49. The van der Waals surface area contributed by atoms with Crippen LogP contribution in [0.25, 0.3) is 0 Å². The van der Waals surface area contributed by atoms with Gasteiger partial charge in [-0.3, -0.25) is 0 Å². The summed E-state index contributed by atoms with van der Waals surface area (Å²) in [5, 5.41) is 3.49. The fourth-order valence-electron chi connectivity index (χ4n) is 2.06. The van der Waals surface area contributed by atoms with Crippen LogP contribution in [-0.4, -0.2) is 6.54 Å². The van der Waals surface area contributed by atoms with E-state index >= 15 is 0 Å². The molecular formula is C17H20BrN. The van der Waals surface area contributed by atoms with E-state index in [0.29, 0.717) is 0 Å². The van der Waals surface area contributed by atoms with Gasteiger partial charge in [-0.15, -0.1) is 0 Å². The van der Waals surface area contributed by atoms with Gasteiger partial charge in [-0.05, 0) is 49.1 Å². The Morgan fingerprint density at radius 2 is 1.53 bits per heavy atom. The van der Waals surface area contributed by atoms with Gasteiger partial charge in [-0.1, -0.05) is 58.4 Å². The topological polar surface area (TPSA) is 12.0 Å². The highest BCUT2D eigenvalue weighted by atomic mass is 79.9. The van der Waals surface area contributed by atoms with Crippen LogP contribution in [0.2, 0.25) is 0 Å². The summed E-state index contributed by atoms with van der Waals surface area (Å²) in [5.74, 6) is 0. The Labute approximate surface area is 124 Å². The summed E-state index contributed by atoms with van der Waals surface area (Å²) in [4.78, 5) is 0. The first kappa shape index (κ1) is 14.3. The molecule has 2 aromatic carbocycles. The van der Waals surface area contributed by atoms with Crippen molar-refractivity contribution in [2.75, 3.05) is 6.54 Å². The Morgan fingerprint density at radius 3 is 2.26 bits per heavy atom. The van der Waals surface area contributed by atoms with Crippen LogP contribution in [0, 0.1) is 0 Å². The third kappa shape index (κ3) is 5.58. The number of aryl methyl sites for hydroxylation is 1. The van der Waals surface area contributed by atoms with E-state index in [0.717, 1.165) is 17.6 Å². The van der Waals surface area contributed by atoms with Gasteiger partial charge in [0.1, 0.15) is 0 Å². The van der Waals surface area contributed by atoms with Gasteiger partial charge < -0.3 is 5.32 Å². The van der Waals surface area contributed by atoms with E-state index in [2.05, 4.69) is 75.8 Å². The van der Waals surface area contributed by atoms with Crippen molar-refractivity contribution >= 4 is 15.9 Å². The maximum Gasteiger partial charge on any atom is 0.0205 e. The molecule has 1 nitrogen and oxygen atoms in total. The van der Waals surface area contributed by atoms with Gasteiger partial charge >= 0.3 is 0 Å². The number of nitrogens with one attached hydrogen (secondary N) is 1. The highest BCUT2D eigenvalue weighted by molar-refractivity contribution is 9.10. The van der Waals surface area contributed by atoms with Gasteiger partial charge in [0.25, 0.3) is 0 Å². The summed E-state index contributed by atoms with van der Waals surface area (Å²) in [6, 6.07) is 19.2. The van der Waals surface area contributed by atoms with Crippen LogP contribution >= 0.6 is 15.9 Å². The van der Waals surface area contributed by atoms with E-state index in [-0.39, 0.29) is 0 Å². The number of hydrogen-bond donors (Lipinski definition) is 1. The molecule has 2 heteroatoms. The van der Waals surface area contributed by atoms with Crippen LogP contribution in [0.1, 0.15) is 24.0 Å². The maximum atomic E-state index is 3.49. The molecule has 0 aliphatic rings. The van der Waals surface area contributed by atoms with Gasteiger partial charge in [-0.2, -0.15) is 0 Å². The molecule has 0 saturated carbocycles. The number of halogens is 1. The largest absolute Gasteiger partial charge is 0.313 e. The smallest absolute Gasteiger partial charge is 0.0205 e. The van der Waals surface area contributed by atoms with Crippen molar-refractivity contribution in [1.29, 1.82) is 0 Å². The lowest BCUT2D eigenvalue weighted by atomic mass is 10.1. The SMILES string of the molecule is Brc1ccc(CNCCCCc2ccccc2)cc1. The van der Waals surface area contributed by atoms with E-state index in [1.807, 2.05) is 0 Å². The zero-order chi connectivity index (χ0) is 13.3. The molecular weight excluding hydrogens is 298 g/mol.